The number of alkyl halides is 15. The molecule has 2 saturated carbocycles. The molecule has 4 aromatic carbocycles. The van der Waals surface area contributed by atoms with E-state index in [1.54, 1.807) is 4.90 Å². The van der Waals surface area contributed by atoms with Crippen LogP contribution in [0.2, 0.25) is 0 Å². The number of hydrogen-bond acceptors (Lipinski definition) is 16. The standard InChI is InChI=1S/C29H31F6NO4.C19H25NO4.C11H10F6O3S.C2HF3O2.CH2O3.2Cs/c1-15(27(37)38-3)26(17-4-5-17)18-6-9-23-24(10-18)40-25(14-39-23)19-12-36(13-19)16(2)21-11-20(28(30,31)32)7-8-22(21)29(33,34)35;1-11(19(21)22-2)18(12-3-4-12)13-5-6-15-16(7-13)24-17(10-23-15)14-8-20-9-14;1-6(20-21(2,18)19)8-5-7(10(12,13)14)3-4-9(8)11(15,16)17;3-2(4,5)1(6)7;2-1(3)4;;/h6-11,15-17,19,25-26H,4-5,12-14H2,1-3H3;5-7,11-12,14,17-18,20H,3-4,8-10H2,1-2H3;3-6H,1-2H3;(H,6,7);(H2,2,3,4);;/q;;;;;2*+1/p-1/t15-,16+,25-,26-;11-,17-,18-;6-;;;;/m001..../s1. The Morgan fingerprint density at radius 3 is 1.26 bits per heavy atom. The van der Waals surface area contributed by atoms with Crippen molar-refractivity contribution in [2.75, 3.05) is 59.9 Å². The second-order valence-electron chi connectivity index (χ2n) is 23.6. The summed E-state index contributed by atoms with van der Waals surface area (Å²) in [6.07, 6.45) is -23.4. The van der Waals surface area contributed by atoms with Crippen molar-refractivity contribution in [2.45, 2.75) is 120 Å². The molecule has 4 aliphatic heterocycles. The fourth-order valence-corrected chi connectivity index (χ4v) is 12.1. The molecule has 4 aromatic rings. The van der Waals surface area contributed by atoms with E-state index in [0.29, 0.717) is 73.4 Å². The van der Waals surface area contributed by atoms with Crippen molar-refractivity contribution >= 4 is 34.2 Å². The third-order valence-electron chi connectivity index (χ3n) is 16.7. The maximum Gasteiger partial charge on any atom is 1.00 e. The number of fused-ring (bicyclic) bond motifs is 2. The van der Waals surface area contributed by atoms with Crippen molar-refractivity contribution in [3.05, 3.63) is 117 Å². The fourth-order valence-electron chi connectivity index (χ4n) is 11.5. The molecule has 4 fully saturated rings. The average Bonchev–Trinajstić information content (AvgIpc) is 1.33. The third kappa shape index (κ3) is 24.7. The van der Waals surface area contributed by atoms with E-state index in [1.165, 1.54) is 34.0 Å². The third-order valence-corrected chi connectivity index (χ3v) is 17.4. The summed E-state index contributed by atoms with van der Waals surface area (Å²) in [5.41, 5.74) is -4.07. The van der Waals surface area contributed by atoms with E-state index in [0.717, 1.165) is 55.5 Å². The SMILES string of the molecule is COC(=O)[C@@H](C)[C@H](c1ccc2c(c1)O[C@H](C1CN([C@H](C)c3cc(C(F)(F)F)ccc3C(F)(F)F)C1)CO2)C1CC1.COC(=O)[C@@H](C)[C@H](c1ccc2c(c1)O[C@H](C1CNC1)CO2)C1CC1.C[C@@H](OS(C)(=O)=O)c1cc(C(F)(F)F)ccc1C(F)(F)F.O=C(O)C(F)(F)F.O=C([O-])O.[Cs+].[Cs+]. The van der Waals surface area contributed by atoms with Crippen molar-refractivity contribution in [1.82, 2.24) is 10.2 Å². The largest absolute Gasteiger partial charge is 1.00 e. The van der Waals surface area contributed by atoms with Gasteiger partial charge in [-0.05, 0) is 146 Å². The van der Waals surface area contributed by atoms with Crippen LogP contribution in [0, 0.1) is 35.5 Å². The number of carboxylic acid groups (broad SMARTS) is 3. The van der Waals surface area contributed by atoms with Crippen molar-refractivity contribution in [1.29, 1.82) is 0 Å². The number of hydrogen-bond donors (Lipinski definition) is 3. The van der Waals surface area contributed by atoms with Gasteiger partial charge in [0.2, 0.25) is 6.16 Å². The summed E-state index contributed by atoms with van der Waals surface area (Å²) in [6.45, 7) is 9.78. The summed E-state index contributed by atoms with van der Waals surface area (Å²) in [7, 11) is -1.30. The van der Waals surface area contributed by atoms with Gasteiger partial charge in [0.05, 0.1) is 60.7 Å². The molecule has 0 spiro atoms. The summed E-state index contributed by atoms with van der Waals surface area (Å²) in [5, 5.41) is 25.7. The number of esters is 2. The van der Waals surface area contributed by atoms with Gasteiger partial charge < -0.3 is 53.9 Å². The van der Waals surface area contributed by atoms with Crippen molar-refractivity contribution < 1.29 is 279 Å². The maximum absolute atomic E-state index is 13.6. The fraction of sp³-hybridized carbons (Fsp3) is 0.548. The molecule has 2 saturated heterocycles. The molecule has 18 nitrogen and oxygen atoms in total. The number of carboxylic acids is 1. The Morgan fingerprint density at radius 2 is 0.939 bits per heavy atom. The van der Waals surface area contributed by atoms with Crippen LogP contribution in [0.1, 0.15) is 122 Å². The van der Waals surface area contributed by atoms with Gasteiger partial charge in [-0.2, -0.15) is 74.3 Å². The summed E-state index contributed by atoms with van der Waals surface area (Å²) in [5.74, 6) is 0.670. The van der Waals surface area contributed by atoms with Crippen LogP contribution in [-0.4, -0.2) is 126 Å². The Hall–Kier alpha value is -3.36. The van der Waals surface area contributed by atoms with E-state index in [-0.39, 0.29) is 216 Å². The molecule has 8 atom stereocenters. The van der Waals surface area contributed by atoms with Crippen LogP contribution in [0.15, 0.2) is 72.8 Å². The number of aliphatic carboxylic acids is 1. The number of benzene rings is 4. The first-order valence-electron chi connectivity index (χ1n) is 29.5. The molecule has 0 unspecified atom stereocenters. The van der Waals surface area contributed by atoms with E-state index in [4.69, 9.17) is 53.3 Å². The predicted molar refractivity (Wildman–Crippen MR) is 305 cm³/mol. The first-order valence-corrected chi connectivity index (χ1v) is 31.3. The van der Waals surface area contributed by atoms with Crippen LogP contribution < -0.4 is 167 Å². The zero-order valence-corrected chi connectivity index (χ0v) is 67.4. The smallest absolute Gasteiger partial charge is 0.565 e. The van der Waals surface area contributed by atoms with E-state index in [1.807, 2.05) is 38.1 Å². The Balaban J connectivity index is 0.000000302. The topological polar surface area (TPSA) is 246 Å². The number of likely N-dealkylation sites (tertiary alicyclic amines) is 1. The van der Waals surface area contributed by atoms with Crippen LogP contribution in [0.25, 0.3) is 0 Å². The quantitative estimate of drug-likeness (QED) is 0.0653. The van der Waals surface area contributed by atoms with Gasteiger partial charge in [0.1, 0.15) is 25.4 Å². The van der Waals surface area contributed by atoms with Gasteiger partial charge >= 0.3 is 187 Å². The molecule has 534 valence electrons. The summed E-state index contributed by atoms with van der Waals surface area (Å²) < 4.78 is 249. The number of halogens is 15. The van der Waals surface area contributed by atoms with Gasteiger partial charge in [0.15, 0.2) is 23.0 Å². The Morgan fingerprint density at radius 1 is 0.571 bits per heavy atom. The number of carbonyl (C=O) groups is 4. The number of methoxy groups -OCH3 is 2. The Bertz CT molecular complexity index is 3490. The van der Waals surface area contributed by atoms with Crippen molar-refractivity contribution in [2.24, 2.45) is 35.5 Å². The summed E-state index contributed by atoms with van der Waals surface area (Å²) >= 11 is 0. The average molecular weight is 1680 g/mol. The number of nitrogens with zero attached hydrogens (tertiary/aromatic N) is 1. The molecular formula is C62H68Cs2F15N2O16S+. The molecule has 6 aliphatic rings. The van der Waals surface area contributed by atoms with Crippen LogP contribution in [0.4, 0.5) is 70.7 Å². The Labute approximate surface area is 671 Å². The summed E-state index contributed by atoms with van der Waals surface area (Å²) in [4.78, 5) is 43.4. The van der Waals surface area contributed by atoms with Crippen LogP contribution in [0.5, 0.6) is 23.0 Å². The number of rotatable bonds is 15. The van der Waals surface area contributed by atoms with Gasteiger partial charge in [0.25, 0.3) is 10.1 Å². The van der Waals surface area contributed by atoms with Gasteiger partial charge in [-0.25, -0.2) is 4.79 Å². The van der Waals surface area contributed by atoms with Crippen molar-refractivity contribution in [3.63, 3.8) is 0 Å². The molecule has 98 heavy (non-hydrogen) atoms. The molecule has 4 heterocycles. The minimum atomic E-state index is -5.08. The first-order chi connectivity index (χ1) is 44.3. The van der Waals surface area contributed by atoms with E-state index < -0.39 is 98.7 Å². The number of nitrogens with one attached hydrogen (secondary N) is 1. The molecule has 2 aliphatic carbocycles. The zero-order chi connectivity index (χ0) is 72.0. The minimum Gasteiger partial charge on any atom is -0.565 e. The van der Waals surface area contributed by atoms with Crippen LogP contribution in [0.3, 0.4) is 0 Å². The minimum absolute atomic E-state index is 0. The molecule has 0 radical (unpaired) electrons. The van der Waals surface area contributed by atoms with Crippen LogP contribution >= 0.6 is 0 Å². The predicted octanol–water partition coefficient (Wildman–Crippen LogP) is 6.50. The second-order valence-corrected chi connectivity index (χ2v) is 25.2. The normalized spacial score (nSPS) is 19.6. The molecule has 36 heteroatoms. The number of ether oxygens (including phenoxy) is 6. The molecule has 0 bridgehead atoms. The molecule has 10 rings (SSSR count). The Kier molecular flexibility index (Phi) is 31.9. The molecule has 0 aromatic heterocycles. The van der Waals surface area contributed by atoms with Gasteiger partial charge in [0, 0.05) is 44.1 Å². The van der Waals surface area contributed by atoms with E-state index in [2.05, 4.69) is 21.6 Å². The van der Waals surface area contributed by atoms with Crippen molar-refractivity contribution in [3.8, 4) is 23.0 Å². The van der Waals surface area contributed by atoms with E-state index >= 15 is 0 Å². The molecular weight excluding hydrogens is 1610 g/mol. The van der Waals surface area contributed by atoms with Gasteiger partial charge in [-0.3, -0.25) is 18.7 Å². The maximum atomic E-state index is 13.6. The number of carbonyl (C=O) groups excluding carboxylic acids is 2. The van der Waals surface area contributed by atoms with Gasteiger partial charge in [-0.1, -0.05) is 26.0 Å². The molecule has 0 amide bonds. The van der Waals surface area contributed by atoms with Crippen LogP contribution in [-0.2, 0) is 62.9 Å². The first kappa shape index (κ1) is 87.0. The zero-order valence-electron chi connectivity index (χ0n) is 54.1. The molecule has 3 N–H and O–H groups in total. The summed E-state index contributed by atoms with van der Waals surface area (Å²) in [6, 6.07) is 13.3. The van der Waals surface area contributed by atoms with Gasteiger partial charge in [-0.15, -0.1) is 0 Å². The van der Waals surface area contributed by atoms with E-state index in [9.17, 15) is 83.9 Å². The second kappa shape index (κ2) is 35.9. The monoisotopic (exact) mass is 1680 g/mol.